The number of benzene rings is 1. The molecule has 0 atom stereocenters. The first-order valence-electron chi connectivity index (χ1n) is 7.44. The normalized spacial score (nSPS) is 10.5. The molecule has 0 bridgehead atoms. The van der Waals surface area contributed by atoms with Gasteiger partial charge in [0.1, 0.15) is 11.4 Å². The molecule has 7 heteroatoms. The summed E-state index contributed by atoms with van der Waals surface area (Å²) in [6.07, 6.45) is 2.87. The molecule has 25 heavy (non-hydrogen) atoms. The summed E-state index contributed by atoms with van der Waals surface area (Å²) in [7, 11) is 0. The van der Waals surface area contributed by atoms with Gasteiger partial charge in [-0.25, -0.2) is 4.39 Å². The Balaban J connectivity index is 2.00. The van der Waals surface area contributed by atoms with Crippen molar-refractivity contribution in [1.82, 2.24) is 9.55 Å². The fourth-order valence-electron chi connectivity index (χ4n) is 2.39. The summed E-state index contributed by atoms with van der Waals surface area (Å²) in [5.41, 5.74) is 0.467. The molecule has 3 aromatic rings. The predicted octanol–water partition coefficient (Wildman–Crippen LogP) is 2.23. The zero-order valence-corrected chi connectivity index (χ0v) is 13.2. The van der Waals surface area contributed by atoms with Crippen LogP contribution >= 0.6 is 0 Å². The van der Waals surface area contributed by atoms with Crippen molar-refractivity contribution < 1.29 is 9.18 Å². The highest BCUT2D eigenvalue weighted by atomic mass is 19.1. The summed E-state index contributed by atoms with van der Waals surface area (Å²) < 4.78 is 14.3. The fourth-order valence-corrected chi connectivity index (χ4v) is 2.39. The lowest BCUT2D eigenvalue weighted by Gasteiger charge is -2.11. The number of aromatic amines is 1. The van der Waals surface area contributed by atoms with Crippen LogP contribution in [0.5, 0.6) is 0 Å². The zero-order valence-electron chi connectivity index (χ0n) is 13.2. The number of carbonyl (C=O) groups excluding carboxylic acids is 1. The summed E-state index contributed by atoms with van der Waals surface area (Å²) in [5, 5.41) is 2.57. The van der Waals surface area contributed by atoms with Gasteiger partial charge in [0.05, 0.1) is 5.69 Å². The number of anilines is 1. The first-order valence-corrected chi connectivity index (χ1v) is 7.44. The Bertz CT molecular complexity index is 1030. The minimum absolute atomic E-state index is 0.0296. The van der Waals surface area contributed by atoms with E-state index in [0.29, 0.717) is 16.9 Å². The highest BCUT2D eigenvalue weighted by Gasteiger charge is 2.16. The first-order chi connectivity index (χ1) is 12.0. The second kappa shape index (κ2) is 6.56. The van der Waals surface area contributed by atoms with E-state index in [2.05, 4.69) is 10.3 Å². The summed E-state index contributed by atoms with van der Waals surface area (Å²) in [6, 6.07) is 9.72. The van der Waals surface area contributed by atoms with Gasteiger partial charge in [-0.15, -0.1) is 0 Å². The number of pyridine rings is 2. The second-order valence-electron chi connectivity index (χ2n) is 5.42. The van der Waals surface area contributed by atoms with E-state index >= 15 is 0 Å². The van der Waals surface area contributed by atoms with E-state index in [4.69, 9.17) is 0 Å². The number of carbonyl (C=O) groups is 1. The molecular weight excluding hydrogens is 325 g/mol. The molecular formula is C18H14FN3O3. The van der Waals surface area contributed by atoms with Crippen LogP contribution in [0.1, 0.15) is 15.9 Å². The molecule has 0 aliphatic heterocycles. The second-order valence-corrected chi connectivity index (χ2v) is 5.42. The van der Waals surface area contributed by atoms with E-state index in [9.17, 15) is 18.8 Å². The Morgan fingerprint density at radius 2 is 1.80 bits per heavy atom. The van der Waals surface area contributed by atoms with Crippen LogP contribution < -0.4 is 16.4 Å². The Morgan fingerprint density at radius 3 is 2.44 bits per heavy atom. The number of nitrogens with one attached hydrogen (secondary N) is 2. The number of rotatable bonds is 3. The lowest BCUT2D eigenvalue weighted by Crippen LogP contribution is -2.29. The number of aryl methyl sites for hydroxylation is 1. The van der Waals surface area contributed by atoms with Crippen LogP contribution in [0.25, 0.3) is 5.69 Å². The fraction of sp³-hybridized carbons (Fsp3) is 0.0556. The predicted molar refractivity (Wildman–Crippen MR) is 91.7 cm³/mol. The molecule has 0 aliphatic rings. The van der Waals surface area contributed by atoms with Gasteiger partial charge in [-0.3, -0.25) is 19.0 Å². The average Bonchev–Trinajstić information content (AvgIpc) is 2.58. The standard InChI is InChI=1S/C18H14FN3O3/c1-11-8-9-22(14-5-2-12(19)3-6-14)18(25)16(11)17(24)21-13-4-7-15(23)20-10-13/h2-10H,1H3,(H,20,23)(H,21,24). The molecule has 0 fully saturated rings. The lowest BCUT2D eigenvalue weighted by molar-refractivity contribution is 0.102. The molecule has 126 valence electrons. The number of hydrogen-bond acceptors (Lipinski definition) is 3. The Hall–Kier alpha value is -3.48. The van der Waals surface area contributed by atoms with Crippen molar-refractivity contribution in [3.63, 3.8) is 0 Å². The van der Waals surface area contributed by atoms with E-state index in [1.165, 1.54) is 53.4 Å². The highest BCUT2D eigenvalue weighted by Crippen LogP contribution is 2.11. The third-order valence-electron chi connectivity index (χ3n) is 3.67. The van der Waals surface area contributed by atoms with Crippen LogP contribution in [0.3, 0.4) is 0 Å². The van der Waals surface area contributed by atoms with Gasteiger partial charge in [0.15, 0.2) is 0 Å². The van der Waals surface area contributed by atoms with Crippen molar-refractivity contribution in [2.75, 3.05) is 5.32 Å². The van der Waals surface area contributed by atoms with Crippen LogP contribution in [0.15, 0.2) is 64.4 Å². The number of aromatic nitrogens is 2. The third kappa shape index (κ3) is 3.40. The smallest absolute Gasteiger partial charge is 0.268 e. The maximum Gasteiger partial charge on any atom is 0.268 e. The van der Waals surface area contributed by atoms with Crippen LogP contribution in [0.4, 0.5) is 10.1 Å². The SMILES string of the molecule is Cc1ccn(-c2ccc(F)cc2)c(=O)c1C(=O)Nc1ccc(=O)[nH]c1. The molecule has 0 unspecified atom stereocenters. The molecule has 0 saturated carbocycles. The molecule has 2 N–H and O–H groups in total. The zero-order chi connectivity index (χ0) is 18.0. The van der Waals surface area contributed by atoms with Gasteiger partial charge in [0.2, 0.25) is 5.56 Å². The number of nitrogens with zero attached hydrogens (tertiary/aromatic N) is 1. The van der Waals surface area contributed by atoms with E-state index in [1.54, 1.807) is 13.0 Å². The monoisotopic (exact) mass is 339 g/mol. The van der Waals surface area contributed by atoms with Crippen molar-refractivity contribution in [3.8, 4) is 5.69 Å². The van der Waals surface area contributed by atoms with Gasteiger partial charge in [-0.2, -0.15) is 0 Å². The summed E-state index contributed by atoms with van der Waals surface area (Å²) >= 11 is 0. The lowest BCUT2D eigenvalue weighted by atomic mass is 10.1. The summed E-state index contributed by atoms with van der Waals surface area (Å²) in [4.78, 5) is 38.7. The van der Waals surface area contributed by atoms with Gasteiger partial charge < -0.3 is 10.3 Å². The van der Waals surface area contributed by atoms with Crippen molar-refractivity contribution >= 4 is 11.6 Å². The van der Waals surface area contributed by atoms with E-state index in [1.807, 2.05) is 0 Å². The number of hydrogen-bond donors (Lipinski definition) is 2. The van der Waals surface area contributed by atoms with Crippen LogP contribution in [0.2, 0.25) is 0 Å². The third-order valence-corrected chi connectivity index (χ3v) is 3.67. The molecule has 0 saturated heterocycles. The van der Waals surface area contributed by atoms with Gasteiger partial charge in [-0.1, -0.05) is 0 Å². The van der Waals surface area contributed by atoms with E-state index < -0.39 is 17.3 Å². The van der Waals surface area contributed by atoms with Gasteiger partial charge in [0, 0.05) is 24.1 Å². The van der Waals surface area contributed by atoms with Gasteiger partial charge in [0.25, 0.3) is 11.5 Å². The maximum absolute atomic E-state index is 13.1. The summed E-state index contributed by atoms with van der Waals surface area (Å²) in [5.74, 6) is -1.01. The van der Waals surface area contributed by atoms with Gasteiger partial charge >= 0.3 is 0 Å². The largest absolute Gasteiger partial charge is 0.327 e. The first kappa shape index (κ1) is 16.4. The van der Waals surface area contributed by atoms with Crippen LogP contribution in [-0.4, -0.2) is 15.5 Å². The molecule has 2 aromatic heterocycles. The minimum atomic E-state index is -0.592. The molecule has 2 heterocycles. The Kier molecular flexibility index (Phi) is 4.30. The molecule has 0 spiro atoms. The number of H-pyrrole nitrogens is 1. The topological polar surface area (TPSA) is 84.0 Å². The highest BCUT2D eigenvalue weighted by molar-refractivity contribution is 6.04. The van der Waals surface area contributed by atoms with Crippen LogP contribution in [0, 0.1) is 12.7 Å². The Morgan fingerprint density at radius 1 is 1.08 bits per heavy atom. The van der Waals surface area contributed by atoms with Crippen molar-refractivity contribution in [3.05, 3.63) is 92.5 Å². The molecule has 1 aromatic carbocycles. The minimum Gasteiger partial charge on any atom is -0.327 e. The van der Waals surface area contributed by atoms with Crippen molar-refractivity contribution in [2.24, 2.45) is 0 Å². The quantitative estimate of drug-likeness (QED) is 0.767. The number of halogens is 1. The Labute approximate surface area is 141 Å². The average molecular weight is 339 g/mol. The van der Waals surface area contributed by atoms with Gasteiger partial charge in [-0.05, 0) is 48.9 Å². The molecule has 1 amide bonds. The van der Waals surface area contributed by atoms with Crippen molar-refractivity contribution in [2.45, 2.75) is 6.92 Å². The maximum atomic E-state index is 13.1. The van der Waals surface area contributed by atoms with Crippen molar-refractivity contribution in [1.29, 1.82) is 0 Å². The summed E-state index contributed by atoms with van der Waals surface area (Å²) in [6.45, 7) is 1.65. The van der Waals surface area contributed by atoms with Crippen LogP contribution in [-0.2, 0) is 0 Å². The molecule has 3 rings (SSSR count). The van der Waals surface area contributed by atoms with E-state index in [-0.39, 0.29) is 11.1 Å². The molecule has 0 aliphatic carbocycles. The van der Waals surface area contributed by atoms with E-state index in [0.717, 1.165) is 0 Å². The number of amides is 1. The molecule has 0 radical (unpaired) electrons. The molecule has 6 nitrogen and oxygen atoms in total.